The number of methoxy groups -OCH3 is 3. The third-order valence-corrected chi connectivity index (χ3v) is 10.2. The Hall–Kier alpha value is -4.67. The lowest BCUT2D eigenvalue weighted by atomic mass is 9.76. The first-order chi connectivity index (χ1) is 24.9. The van der Waals surface area contributed by atoms with Crippen molar-refractivity contribution in [2.24, 2.45) is 5.92 Å². The number of hydrogen-bond acceptors (Lipinski definition) is 8. The van der Waals surface area contributed by atoms with Gasteiger partial charge in [-0.1, -0.05) is 54.6 Å². The monoisotopic (exact) mass is 696 g/mol. The summed E-state index contributed by atoms with van der Waals surface area (Å²) in [6.45, 7) is 11.0. The summed E-state index contributed by atoms with van der Waals surface area (Å²) in [6.07, 6.45) is 14.7. The Labute approximate surface area is 302 Å². The number of benzene rings is 2. The Morgan fingerprint density at radius 1 is 0.980 bits per heavy atom. The van der Waals surface area contributed by atoms with Crippen molar-refractivity contribution in [3.63, 3.8) is 0 Å². The van der Waals surface area contributed by atoms with Gasteiger partial charge in [-0.2, -0.15) is 0 Å². The van der Waals surface area contributed by atoms with Crippen molar-refractivity contribution in [1.82, 2.24) is 19.4 Å². The minimum Gasteiger partial charge on any atom is -0.493 e. The molecular formula is C41H52N4O6. The lowest BCUT2D eigenvalue weighted by molar-refractivity contribution is 0.0777. The van der Waals surface area contributed by atoms with Gasteiger partial charge >= 0.3 is 0 Å². The average molecular weight is 697 g/mol. The fourth-order valence-electron chi connectivity index (χ4n) is 7.32. The molecule has 1 amide bonds. The third-order valence-electron chi connectivity index (χ3n) is 10.2. The highest BCUT2D eigenvalue weighted by molar-refractivity contribution is 5.96. The van der Waals surface area contributed by atoms with Gasteiger partial charge in [0, 0.05) is 36.5 Å². The number of hydrogen-bond donors (Lipinski definition) is 0. The second kappa shape index (κ2) is 18.0. The number of aromatic nitrogens is 2. The van der Waals surface area contributed by atoms with Gasteiger partial charge in [-0.3, -0.25) is 9.59 Å². The minimum absolute atomic E-state index is 0.0579. The van der Waals surface area contributed by atoms with Gasteiger partial charge in [-0.15, -0.1) is 6.58 Å². The van der Waals surface area contributed by atoms with E-state index in [1.807, 2.05) is 46.8 Å². The number of carbonyl (C=O) groups excluding carboxylic acids is 2. The number of rotatable bonds is 17. The summed E-state index contributed by atoms with van der Waals surface area (Å²) < 4.78 is 24.1. The van der Waals surface area contributed by atoms with Crippen molar-refractivity contribution in [3.05, 3.63) is 102 Å². The van der Waals surface area contributed by atoms with E-state index in [0.717, 1.165) is 51.0 Å². The molecule has 2 saturated heterocycles. The highest BCUT2D eigenvalue weighted by Gasteiger charge is 2.42. The molecule has 0 spiro atoms. The first-order valence-electron chi connectivity index (χ1n) is 17.8. The Morgan fingerprint density at radius 2 is 1.71 bits per heavy atom. The van der Waals surface area contributed by atoms with Crippen LogP contribution in [0.5, 0.6) is 17.2 Å². The van der Waals surface area contributed by atoms with E-state index in [2.05, 4.69) is 40.7 Å². The fourth-order valence-corrected chi connectivity index (χ4v) is 7.32. The van der Waals surface area contributed by atoms with E-state index in [1.54, 1.807) is 45.7 Å². The fraction of sp³-hybridized carbons (Fsp3) is 0.439. The minimum atomic E-state index is -0.181. The summed E-state index contributed by atoms with van der Waals surface area (Å²) in [6, 6.07) is 14.0. The quantitative estimate of drug-likeness (QED) is 0.0687. The van der Waals surface area contributed by atoms with E-state index in [9.17, 15) is 9.59 Å². The van der Waals surface area contributed by atoms with Gasteiger partial charge < -0.3 is 33.3 Å². The summed E-state index contributed by atoms with van der Waals surface area (Å²) in [4.78, 5) is 36.8. The van der Waals surface area contributed by atoms with Gasteiger partial charge in [0.25, 0.3) is 5.91 Å². The zero-order valence-corrected chi connectivity index (χ0v) is 30.5. The number of imidazole rings is 1. The Kier molecular flexibility index (Phi) is 13.3. The van der Waals surface area contributed by atoms with Crippen LogP contribution in [0.3, 0.4) is 0 Å². The first kappa shape index (κ1) is 37.6. The van der Waals surface area contributed by atoms with Crippen molar-refractivity contribution >= 4 is 17.8 Å². The summed E-state index contributed by atoms with van der Waals surface area (Å²) in [5, 5.41) is 0. The van der Waals surface area contributed by atoms with Gasteiger partial charge in [-0.25, -0.2) is 4.98 Å². The van der Waals surface area contributed by atoms with E-state index in [0.29, 0.717) is 61.5 Å². The van der Waals surface area contributed by atoms with E-state index in [4.69, 9.17) is 18.9 Å². The van der Waals surface area contributed by atoms with E-state index in [1.165, 1.54) is 5.56 Å². The smallest absolute Gasteiger partial charge is 0.254 e. The largest absolute Gasteiger partial charge is 0.493 e. The average Bonchev–Trinajstić information content (AvgIpc) is 3.80. The third kappa shape index (κ3) is 8.80. The molecule has 1 atom stereocenters. The van der Waals surface area contributed by atoms with Crippen molar-refractivity contribution in [2.45, 2.75) is 44.6 Å². The van der Waals surface area contributed by atoms with Gasteiger partial charge in [0.2, 0.25) is 11.5 Å². The second-order valence-electron chi connectivity index (χ2n) is 13.2. The van der Waals surface area contributed by atoms with Crippen LogP contribution in [0.15, 0.2) is 79.5 Å². The van der Waals surface area contributed by atoms with E-state index in [-0.39, 0.29) is 23.0 Å². The van der Waals surface area contributed by atoms with Crippen molar-refractivity contribution in [1.29, 1.82) is 0 Å². The molecule has 2 aliphatic rings. The molecule has 2 aliphatic heterocycles. The molecule has 10 heteroatoms. The number of Topliss-reactive ketones (excluding diaryl/α,β-unsaturated/α-hetero) is 1. The molecule has 3 heterocycles. The normalized spacial score (nSPS) is 18.5. The van der Waals surface area contributed by atoms with Crippen molar-refractivity contribution in [2.75, 3.05) is 67.3 Å². The first-order valence-corrected chi connectivity index (χ1v) is 17.8. The van der Waals surface area contributed by atoms with Crippen LogP contribution < -0.4 is 14.2 Å². The molecule has 1 aromatic heterocycles. The highest BCUT2D eigenvalue weighted by atomic mass is 16.5. The van der Waals surface area contributed by atoms with Crippen LogP contribution in [0, 0.1) is 5.92 Å². The SMILES string of the molecule is C=CCOCCn1c(C=CC=CC)cnc1C(=O)C1CCN(CCC2(c3ccccc3)CCN(C(=O)c3cc(OC)c(OC)c(OC)c3)C2)CC1. The Morgan fingerprint density at radius 3 is 2.35 bits per heavy atom. The lowest BCUT2D eigenvalue weighted by Crippen LogP contribution is -2.41. The predicted octanol–water partition coefficient (Wildman–Crippen LogP) is 6.47. The predicted molar refractivity (Wildman–Crippen MR) is 200 cm³/mol. The second-order valence-corrected chi connectivity index (χ2v) is 13.2. The maximum Gasteiger partial charge on any atom is 0.254 e. The van der Waals surface area contributed by atoms with Gasteiger partial charge in [0.1, 0.15) is 0 Å². The van der Waals surface area contributed by atoms with Gasteiger partial charge in [0.05, 0.1) is 46.4 Å². The number of nitrogens with zero attached hydrogens (tertiary/aromatic N) is 4. The number of carbonyl (C=O) groups is 2. The molecule has 51 heavy (non-hydrogen) atoms. The molecule has 0 bridgehead atoms. The molecule has 0 saturated carbocycles. The topological polar surface area (TPSA) is 95.4 Å². The van der Waals surface area contributed by atoms with E-state index < -0.39 is 0 Å². The van der Waals surface area contributed by atoms with Crippen LogP contribution in [0.4, 0.5) is 0 Å². The summed E-state index contributed by atoms with van der Waals surface area (Å²) in [5.41, 5.74) is 2.46. The summed E-state index contributed by atoms with van der Waals surface area (Å²) in [7, 11) is 4.66. The van der Waals surface area contributed by atoms with Crippen LogP contribution in [-0.4, -0.2) is 98.3 Å². The standard InChI is InChI=1S/C41H52N4O6/c1-6-8-10-15-34-29-42-39(45(34)24-26-51-25-7-2)37(46)31-16-20-43(21-17-31)22-18-41(33-13-11-9-12-14-33)19-23-44(30-41)40(47)32-27-35(48-3)38(50-5)36(28-32)49-4/h6-15,27-29,31H,2,16-26,30H2,1,3-5H3. The van der Waals surface area contributed by atoms with Crippen LogP contribution in [0.25, 0.3) is 6.08 Å². The molecule has 0 radical (unpaired) electrons. The van der Waals surface area contributed by atoms with Crippen LogP contribution in [0.2, 0.25) is 0 Å². The zero-order valence-electron chi connectivity index (χ0n) is 30.5. The highest BCUT2D eigenvalue weighted by Crippen LogP contribution is 2.41. The van der Waals surface area contributed by atoms with Gasteiger partial charge in [0.15, 0.2) is 17.3 Å². The molecule has 2 fully saturated rings. The molecule has 272 valence electrons. The number of ketones is 1. The Bertz CT molecular complexity index is 1670. The number of piperidine rings is 1. The van der Waals surface area contributed by atoms with E-state index >= 15 is 0 Å². The van der Waals surface area contributed by atoms with Crippen LogP contribution >= 0.6 is 0 Å². The van der Waals surface area contributed by atoms with Gasteiger partial charge in [-0.05, 0) is 76.0 Å². The molecule has 1 unspecified atom stereocenters. The molecule has 3 aromatic rings. The summed E-state index contributed by atoms with van der Waals surface area (Å²) in [5.74, 6) is 1.84. The Balaban J connectivity index is 1.25. The molecule has 0 N–H and O–H groups in total. The number of allylic oxidation sites excluding steroid dienone is 3. The molecule has 10 nitrogen and oxygen atoms in total. The maximum atomic E-state index is 13.9. The summed E-state index contributed by atoms with van der Waals surface area (Å²) >= 11 is 0. The van der Waals surface area contributed by atoms with Crippen molar-refractivity contribution < 1.29 is 28.5 Å². The molecule has 0 aliphatic carbocycles. The molecule has 2 aromatic carbocycles. The van der Waals surface area contributed by atoms with Crippen LogP contribution in [-0.2, 0) is 16.7 Å². The number of amides is 1. The number of likely N-dealkylation sites (tertiary alicyclic amines) is 2. The van der Waals surface area contributed by atoms with Crippen LogP contribution in [0.1, 0.15) is 64.8 Å². The molecule has 5 rings (SSSR count). The lowest BCUT2D eigenvalue weighted by Gasteiger charge is -2.36. The van der Waals surface area contributed by atoms with Crippen molar-refractivity contribution in [3.8, 4) is 17.2 Å². The zero-order chi connectivity index (χ0) is 36.2. The number of ether oxygens (including phenoxy) is 4. The maximum absolute atomic E-state index is 13.9. The molecular weight excluding hydrogens is 644 g/mol.